The van der Waals surface area contributed by atoms with Gasteiger partial charge < -0.3 is 9.47 Å². The average molecular weight is 226 g/mol. The largest absolute Gasteiger partial charge is 0.376 e. The molecule has 3 N–H and O–H groups in total. The molecule has 1 aliphatic rings. The molecule has 1 aromatic rings. The van der Waals surface area contributed by atoms with Crippen molar-refractivity contribution >= 4 is 0 Å². The van der Waals surface area contributed by atoms with Gasteiger partial charge in [-0.2, -0.15) is 5.10 Å². The fraction of sp³-hybridized carbons (Fsp3) is 0.700. The van der Waals surface area contributed by atoms with Crippen LogP contribution in [-0.4, -0.2) is 41.7 Å². The summed E-state index contributed by atoms with van der Waals surface area (Å²) in [5.74, 6) is 5.54. The van der Waals surface area contributed by atoms with Crippen LogP contribution in [0.2, 0.25) is 0 Å². The molecule has 2 unspecified atom stereocenters. The van der Waals surface area contributed by atoms with Crippen molar-refractivity contribution in [3.8, 4) is 0 Å². The summed E-state index contributed by atoms with van der Waals surface area (Å²) in [6.07, 6.45) is 2.66. The Bertz CT molecular complexity index is 322. The number of hydrogen-bond donors (Lipinski definition) is 2. The van der Waals surface area contributed by atoms with Crippen LogP contribution in [0.3, 0.4) is 0 Å². The normalized spacial score (nSPS) is 23.2. The second kappa shape index (κ2) is 5.40. The molecule has 2 atom stereocenters. The van der Waals surface area contributed by atoms with Crippen LogP contribution in [0.4, 0.5) is 0 Å². The number of hydrogen-bond acceptors (Lipinski definition) is 5. The number of aryl methyl sites for hydroxylation is 1. The summed E-state index contributed by atoms with van der Waals surface area (Å²) in [7, 11) is 1.90. The Balaban J connectivity index is 1.94. The maximum atomic E-state index is 5.61. The Morgan fingerprint density at radius 1 is 1.69 bits per heavy atom. The van der Waals surface area contributed by atoms with E-state index in [9.17, 15) is 0 Å². The third kappa shape index (κ3) is 2.79. The highest BCUT2D eigenvalue weighted by atomic mass is 16.6. The Morgan fingerprint density at radius 2 is 2.56 bits per heavy atom. The molecule has 0 spiro atoms. The number of rotatable bonds is 4. The molecule has 0 aromatic carbocycles. The molecule has 2 rings (SSSR count). The molecule has 0 radical (unpaired) electrons. The van der Waals surface area contributed by atoms with E-state index >= 15 is 0 Å². The Kier molecular flexibility index (Phi) is 3.89. The summed E-state index contributed by atoms with van der Waals surface area (Å²) < 4.78 is 12.7. The third-order valence-corrected chi connectivity index (χ3v) is 2.70. The van der Waals surface area contributed by atoms with E-state index < -0.39 is 0 Å². The fourth-order valence-electron chi connectivity index (χ4n) is 1.83. The van der Waals surface area contributed by atoms with Crippen LogP contribution in [0.25, 0.3) is 0 Å². The summed E-state index contributed by atoms with van der Waals surface area (Å²) in [5.41, 5.74) is 3.77. The maximum Gasteiger partial charge on any atom is 0.0979 e. The molecule has 1 aromatic heterocycles. The highest BCUT2D eigenvalue weighted by Gasteiger charge is 2.25. The SMILES string of the molecule is Cn1ccc(CC(NN)C2COCCO2)n1. The van der Waals surface area contributed by atoms with E-state index in [-0.39, 0.29) is 12.1 Å². The van der Waals surface area contributed by atoms with Crippen LogP contribution in [0.5, 0.6) is 0 Å². The van der Waals surface area contributed by atoms with Crippen molar-refractivity contribution in [1.29, 1.82) is 0 Å². The fourth-order valence-corrected chi connectivity index (χ4v) is 1.83. The lowest BCUT2D eigenvalue weighted by Crippen LogP contribution is -2.50. The Labute approximate surface area is 94.7 Å². The lowest BCUT2D eigenvalue weighted by atomic mass is 10.1. The van der Waals surface area contributed by atoms with Crippen LogP contribution >= 0.6 is 0 Å². The molecular formula is C10H18N4O2. The van der Waals surface area contributed by atoms with Crippen molar-refractivity contribution in [1.82, 2.24) is 15.2 Å². The highest BCUT2D eigenvalue weighted by molar-refractivity contribution is 5.02. The van der Waals surface area contributed by atoms with Gasteiger partial charge >= 0.3 is 0 Å². The van der Waals surface area contributed by atoms with E-state index in [0.717, 1.165) is 12.1 Å². The van der Waals surface area contributed by atoms with E-state index in [0.29, 0.717) is 19.8 Å². The Morgan fingerprint density at radius 3 is 3.12 bits per heavy atom. The van der Waals surface area contributed by atoms with Gasteiger partial charge in [0, 0.05) is 19.7 Å². The van der Waals surface area contributed by atoms with Crippen molar-refractivity contribution in [2.75, 3.05) is 19.8 Å². The molecule has 0 saturated carbocycles. The number of ether oxygens (including phenoxy) is 2. The maximum absolute atomic E-state index is 5.61. The van der Waals surface area contributed by atoms with Gasteiger partial charge in [0.05, 0.1) is 37.7 Å². The molecule has 6 nitrogen and oxygen atoms in total. The van der Waals surface area contributed by atoms with E-state index in [1.165, 1.54) is 0 Å². The number of nitrogens with zero attached hydrogens (tertiary/aromatic N) is 2. The Hall–Kier alpha value is -0.950. The van der Waals surface area contributed by atoms with Gasteiger partial charge in [0.15, 0.2) is 0 Å². The molecule has 1 saturated heterocycles. The first kappa shape index (κ1) is 11.5. The van der Waals surface area contributed by atoms with Crippen LogP contribution in [0.1, 0.15) is 5.69 Å². The summed E-state index contributed by atoms with van der Waals surface area (Å²) in [6, 6.07) is 2.02. The van der Waals surface area contributed by atoms with Gasteiger partial charge in [-0.3, -0.25) is 16.0 Å². The first-order chi connectivity index (χ1) is 7.79. The van der Waals surface area contributed by atoms with E-state index in [1.54, 1.807) is 4.68 Å². The van der Waals surface area contributed by atoms with Gasteiger partial charge in [0.25, 0.3) is 0 Å². The summed E-state index contributed by atoms with van der Waals surface area (Å²) in [4.78, 5) is 0. The molecule has 1 aliphatic heterocycles. The van der Waals surface area contributed by atoms with Gasteiger partial charge in [-0.25, -0.2) is 0 Å². The second-order valence-electron chi connectivity index (χ2n) is 3.94. The predicted molar refractivity (Wildman–Crippen MR) is 58.6 cm³/mol. The zero-order valence-corrected chi connectivity index (χ0v) is 9.43. The molecule has 2 heterocycles. The molecule has 0 aliphatic carbocycles. The lowest BCUT2D eigenvalue weighted by molar-refractivity contribution is -0.101. The van der Waals surface area contributed by atoms with Crippen molar-refractivity contribution in [3.05, 3.63) is 18.0 Å². The minimum atomic E-state index is 0.000700. The zero-order chi connectivity index (χ0) is 11.4. The van der Waals surface area contributed by atoms with Crippen LogP contribution in [-0.2, 0) is 22.9 Å². The highest BCUT2D eigenvalue weighted by Crippen LogP contribution is 2.10. The van der Waals surface area contributed by atoms with E-state index in [4.69, 9.17) is 15.3 Å². The van der Waals surface area contributed by atoms with Crippen LogP contribution in [0.15, 0.2) is 12.3 Å². The van der Waals surface area contributed by atoms with Gasteiger partial charge in [-0.05, 0) is 6.07 Å². The smallest absolute Gasteiger partial charge is 0.0979 e. The number of nitrogens with two attached hydrogens (primary N) is 1. The summed E-state index contributed by atoms with van der Waals surface area (Å²) in [6.45, 7) is 1.88. The van der Waals surface area contributed by atoms with Gasteiger partial charge in [0.2, 0.25) is 0 Å². The quantitative estimate of drug-likeness (QED) is 0.520. The van der Waals surface area contributed by atoms with Crippen LogP contribution < -0.4 is 11.3 Å². The standard InChI is InChI=1S/C10H18N4O2/c1-14-3-2-8(13-14)6-9(12-11)10-7-15-4-5-16-10/h2-3,9-10,12H,4-7,11H2,1H3. The molecule has 90 valence electrons. The first-order valence-electron chi connectivity index (χ1n) is 5.43. The topological polar surface area (TPSA) is 74.3 Å². The van der Waals surface area contributed by atoms with E-state index in [1.807, 2.05) is 19.3 Å². The molecule has 16 heavy (non-hydrogen) atoms. The number of hydrazine groups is 1. The average Bonchev–Trinajstić information content (AvgIpc) is 2.73. The molecule has 0 amide bonds. The van der Waals surface area contributed by atoms with E-state index in [2.05, 4.69) is 10.5 Å². The number of aromatic nitrogens is 2. The monoisotopic (exact) mass is 226 g/mol. The second-order valence-corrected chi connectivity index (χ2v) is 3.94. The van der Waals surface area contributed by atoms with Crippen molar-refractivity contribution in [2.24, 2.45) is 12.9 Å². The minimum absolute atomic E-state index is 0.000700. The molecule has 0 bridgehead atoms. The van der Waals surface area contributed by atoms with Crippen molar-refractivity contribution < 1.29 is 9.47 Å². The third-order valence-electron chi connectivity index (χ3n) is 2.70. The predicted octanol–water partition coefficient (Wildman–Crippen LogP) is -0.790. The summed E-state index contributed by atoms with van der Waals surface area (Å²) >= 11 is 0. The number of nitrogens with one attached hydrogen (secondary N) is 1. The van der Waals surface area contributed by atoms with Gasteiger partial charge in [-0.15, -0.1) is 0 Å². The zero-order valence-electron chi connectivity index (χ0n) is 9.43. The lowest BCUT2D eigenvalue weighted by Gasteiger charge is -2.29. The van der Waals surface area contributed by atoms with Crippen molar-refractivity contribution in [3.63, 3.8) is 0 Å². The minimum Gasteiger partial charge on any atom is -0.376 e. The van der Waals surface area contributed by atoms with Crippen molar-refractivity contribution in [2.45, 2.75) is 18.6 Å². The molecule has 1 fully saturated rings. The first-order valence-corrected chi connectivity index (χ1v) is 5.43. The molecule has 6 heteroatoms. The summed E-state index contributed by atoms with van der Waals surface area (Å²) in [5, 5.41) is 4.32. The van der Waals surface area contributed by atoms with Crippen LogP contribution in [0, 0.1) is 0 Å². The van der Waals surface area contributed by atoms with Gasteiger partial charge in [0.1, 0.15) is 0 Å². The van der Waals surface area contributed by atoms with Gasteiger partial charge in [-0.1, -0.05) is 0 Å². The molecular weight excluding hydrogens is 208 g/mol.